The van der Waals surface area contributed by atoms with Crippen LogP contribution >= 0.6 is 23.2 Å². The molecule has 0 aromatic heterocycles. The normalized spacial score (nSPS) is 16.6. The molecule has 0 unspecified atom stereocenters. The first-order valence-corrected chi connectivity index (χ1v) is 7.67. The number of halogens is 2. The van der Waals surface area contributed by atoms with E-state index >= 15 is 0 Å². The predicted octanol–water partition coefficient (Wildman–Crippen LogP) is 3.35. The second kappa shape index (κ2) is 6.79. The topological polar surface area (TPSA) is 49.3 Å². The lowest BCUT2D eigenvalue weighted by molar-refractivity contribution is -0.123. The second-order valence-corrected chi connectivity index (χ2v) is 6.27. The van der Waals surface area contributed by atoms with Gasteiger partial charge in [-0.3, -0.25) is 4.79 Å². The van der Waals surface area contributed by atoms with Crippen LogP contribution in [0.2, 0.25) is 10.0 Å². The molecule has 2 rings (SSSR count). The van der Waals surface area contributed by atoms with Gasteiger partial charge in [-0.2, -0.15) is 0 Å². The maximum Gasteiger partial charge on any atom is 0.220 e. The summed E-state index contributed by atoms with van der Waals surface area (Å²) in [5, 5.41) is 13.8. The molecule has 1 aliphatic carbocycles. The van der Waals surface area contributed by atoms with Crippen LogP contribution in [0.4, 0.5) is 0 Å². The molecule has 0 atom stereocenters. The van der Waals surface area contributed by atoms with E-state index in [4.69, 9.17) is 23.2 Å². The smallest absolute Gasteiger partial charge is 0.220 e. The summed E-state index contributed by atoms with van der Waals surface area (Å²) < 4.78 is 0. The van der Waals surface area contributed by atoms with Gasteiger partial charge in [0, 0.05) is 13.0 Å². The van der Waals surface area contributed by atoms with Crippen LogP contribution in [0.25, 0.3) is 0 Å². The lowest BCUT2D eigenvalue weighted by Gasteiger charge is -2.36. The molecular formula is C15H19Cl2NO2. The van der Waals surface area contributed by atoms with Crippen molar-refractivity contribution in [3.05, 3.63) is 33.8 Å². The van der Waals surface area contributed by atoms with Crippen LogP contribution in [-0.2, 0) is 11.2 Å². The van der Waals surface area contributed by atoms with Crippen molar-refractivity contribution in [2.24, 2.45) is 0 Å². The van der Waals surface area contributed by atoms with Gasteiger partial charge in [-0.1, -0.05) is 29.3 Å². The first-order chi connectivity index (χ1) is 9.48. The Bertz CT molecular complexity index is 487. The molecule has 1 aromatic rings. The molecule has 0 bridgehead atoms. The molecule has 1 fully saturated rings. The van der Waals surface area contributed by atoms with Gasteiger partial charge in [-0.05, 0) is 49.8 Å². The fraction of sp³-hybridized carbons (Fsp3) is 0.533. The zero-order valence-corrected chi connectivity index (χ0v) is 12.8. The van der Waals surface area contributed by atoms with E-state index in [0.29, 0.717) is 23.0 Å². The summed E-state index contributed by atoms with van der Waals surface area (Å²) in [6.45, 7) is 0.374. The minimum atomic E-state index is -0.653. The van der Waals surface area contributed by atoms with Crippen molar-refractivity contribution in [2.45, 2.75) is 44.1 Å². The van der Waals surface area contributed by atoms with Crippen LogP contribution in [0.1, 0.15) is 37.7 Å². The monoisotopic (exact) mass is 315 g/mol. The quantitative estimate of drug-likeness (QED) is 0.845. The van der Waals surface area contributed by atoms with Gasteiger partial charge in [0.1, 0.15) is 0 Å². The zero-order chi connectivity index (χ0) is 14.6. The first kappa shape index (κ1) is 15.6. The molecule has 1 amide bonds. The standard InChI is InChI=1S/C15H19Cl2NO2/c16-12-6-5-11(9-13(12)17)3-1-4-14(19)18-10-15(20)7-2-8-15/h5-6,9,20H,1-4,7-8,10H2,(H,18,19). The third-order valence-electron chi connectivity index (χ3n) is 3.75. The number of aryl methyl sites for hydroxylation is 1. The minimum Gasteiger partial charge on any atom is -0.388 e. The minimum absolute atomic E-state index is 0.00890. The Balaban J connectivity index is 1.67. The van der Waals surface area contributed by atoms with Crippen molar-refractivity contribution in [3.8, 4) is 0 Å². The Morgan fingerprint density at radius 3 is 2.65 bits per heavy atom. The maximum atomic E-state index is 11.7. The average molecular weight is 316 g/mol. The Morgan fingerprint density at radius 2 is 2.05 bits per heavy atom. The molecule has 0 spiro atoms. The largest absolute Gasteiger partial charge is 0.388 e. The van der Waals surface area contributed by atoms with Gasteiger partial charge < -0.3 is 10.4 Å². The fourth-order valence-electron chi connectivity index (χ4n) is 2.26. The fourth-order valence-corrected chi connectivity index (χ4v) is 2.58. The number of hydrogen-bond donors (Lipinski definition) is 2. The van der Waals surface area contributed by atoms with Crippen molar-refractivity contribution in [1.82, 2.24) is 5.32 Å². The van der Waals surface area contributed by atoms with Gasteiger partial charge in [0.2, 0.25) is 5.91 Å². The number of carbonyl (C=O) groups is 1. The molecule has 1 aromatic carbocycles. The summed E-state index contributed by atoms with van der Waals surface area (Å²) >= 11 is 11.8. The summed E-state index contributed by atoms with van der Waals surface area (Å²) in [6, 6.07) is 5.52. The Morgan fingerprint density at radius 1 is 1.30 bits per heavy atom. The van der Waals surface area contributed by atoms with Gasteiger partial charge >= 0.3 is 0 Å². The van der Waals surface area contributed by atoms with Crippen LogP contribution in [0.5, 0.6) is 0 Å². The van der Waals surface area contributed by atoms with Crippen molar-refractivity contribution < 1.29 is 9.90 Å². The van der Waals surface area contributed by atoms with Gasteiger partial charge in [0.15, 0.2) is 0 Å². The number of aliphatic hydroxyl groups is 1. The number of carbonyl (C=O) groups excluding carboxylic acids is 1. The molecular weight excluding hydrogens is 297 g/mol. The van der Waals surface area contributed by atoms with Crippen molar-refractivity contribution >= 4 is 29.1 Å². The average Bonchev–Trinajstić information content (AvgIpc) is 2.38. The van der Waals surface area contributed by atoms with E-state index in [2.05, 4.69) is 5.32 Å². The third kappa shape index (κ3) is 4.37. The highest BCUT2D eigenvalue weighted by molar-refractivity contribution is 6.42. The van der Waals surface area contributed by atoms with Gasteiger partial charge in [-0.25, -0.2) is 0 Å². The molecule has 5 heteroatoms. The Labute approximate surface area is 129 Å². The summed E-state index contributed by atoms with van der Waals surface area (Å²) in [5.74, 6) is -0.00890. The first-order valence-electron chi connectivity index (χ1n) is 6.92. The molecule has 1 saturated carbocycles. The van der Waals surface area contributed by atoms with E-state index < -0.39 is 5.60 Å². The molecule has 110 valence electrons. The van der Waals surface area contributed by atoms with Crippen LogP contribution < -0.4 is 5.32 Å². The van der Waals surface area contributed by atoms with E-state index in [0.717, 1.165) is 37.7 Å². The number of nitrogens with one attached hydrogen (secondary N) is 1. The van der Waals surface area contributed by atoms with Crippen LogP contribution in [0.3, 0.4) is 0 Å². The Kier molecular flexibility index (Phi) is 5.30. The predicted molar refractivity (Wildman–Crippen MR) is 81.2 cm³/mol. The van der Waals surface area contributed by atoms with Crippen LogP contribution in [0, 0.1) is 0 Å². The molecule has 0 saturated heterocycles. The molecule has 2 N–H and O–H groups in total. The lowest BCUT2D eigenvalue weighted by atomic mass is 9.80. The second-order valence-electron chi connectivity index (χ2n) is 5.46. The maximum absolute atomic E-state index is 11.7. The SMILES string of the molecule is O=C(CCCc1ccc(Cl)c(Cl)c1)NCC1(O)CCC1. The van der Waals surface area contributed by atoms with Crippen molar-refractivity contribution in [1.29, 1.82) is 0 Å². The van der Waals surface area contributed by atoms with E-state index in [1.54, 1.807) is 6.07 Å². The highest BCUT2D eigenvalue weighted by atomic mass is 35.5. The summed E-state index contributed by atoms with van der Waals surface area (Å²) in [5.41, 5.74) is 0.421. The van der Waals surface area contributed by atoms with Crippen LogP contribution in [-0.4, -0.2) is 23.2 Å². The highest BCUT2D eigenvalue weighted by Crippen LogP contribution is 2.30. The van der Waals surface area contributed by atoms with Crippen LogP contribution in [0.15, 0.2) is 18.2 Å². The number of benzene rings is 1. The van der Waals surface area contributed by atoms with Gasteiger partial charge in [0.25, 0.3) is 0 Å². The summed E-state index contributed by atoms with van der Waals surface area (Å²) in [4.78, 5) is 11.7. The van der Waals surface area contributed by atoms with E-state index in [1.807, 2.05) is 12.1 Å². The molecule has 3 nitrogen and oxygen atoms in total. The summed E-state index contributed by atoms with van der Waals surface area (Å²) in [7, 11) is 0. The summed E-state index contributed by atoms with van der Waals surface area (Å²) in [6.07, 6.45) is 4.62. The number of rotatable bonds is 6. The van der Waals surface area contributed by atoms with E-state index in [1.165, 1.54) is 0 Å². The molecule has 0 heterocycles. The van der Waals surface area contributed by atoms with Crippen molar-refractivity contribution in [2.75, 3.05) is 6.54 Å². The molecule has 20 heavy (non-hydrogen) atoms. The zero-order valence-electron chi connectivity index (χ0n) is 11.3. The Hall–Kier alpha value is -0.770. The molecule has 0 aliphatic heterocycles. The number of hydrogen-bond acceptors (Lipinski definition) is 2. The van der Waals surface area contributed by atoms with Gasteiger partial charge in [0.05, 0.1) is 15.6 Å². The highest BCUT2D eigenvalue weighted by Gasteiger charge is 2.34. The number of amides is 1. The van der Waals surface area contributed by atoms with Crippen molar-refractivity contribution in [3.63, 3.8) is 0 Å². The lowest BCUT2D eigenvalue weighted by Crippen LogP contribution is -2.47. The molecule has 0 radical (unpaired) electrons. The van der Waals surface area contributed by atoms with Gasteiger partial charge in [-0.15, -0.1) is 0 Å². The van der Waals surface area contributed by atoms with E-state index in [-0.39, 0.29) is 5.91 Å². The molecule has 1 aliphatic rings. The third-order valence-corrected chi connectivity index (χ3v) is 4.49. The van der Waals surface area contributed by atoms with E-state index in [9.17, 15) is 9.90 Å².